The standard InChI is InChI=1S/C15H24O4/c1-10(16)18-12-8-9-15(4)11(14(12,2)3)6-5-7-13(17)19-15/h11-12H,5-9H2,1-4H3/t11-,12-,15-/m0/s1. The van der Waals surface area contributed by atoms with E-state index in [1.165, 1.54) is 6.92 Å². The van der Waals surface area contributed by atoms with Crippen LogP contribution in [0.5, 0.6) is 0 Å². The maximum absolute atomic E-state index is 11.7. The molecular weight excluding hydrogens is 244 g/mol. The summed E-state index contributed by atoms with van der Waals surface area (Å²) in [5.74, 6) is -0.0800. The Bertz CT molecular complexity index is 388. The van der Waals surface area contributed by atoms with Gasteiger partial charge in [0, 0.05) is 24.7 Å². The number of fused-ring (bicyclic) bond motifs is 1. The summed E-state index contributed by atoms with van der Waals surface area (Å²) in [6.45, 7) is 7.74. The van der Waals surface area contributed by atoms with Crippen LogP contribution in [0.25, 0.3) is 0 Å². The summed E-state index contributed by atoms with van der Waals surface area (Å²) in [6.07, 6.45) is 3.75. The predicted molar refractivity (Wildman–Crippen MR) is 70.4 cm³/mol. The van der Waals surface area contributed by atoms with Crippen molar-refractivity contribution in [3.05, 3.63) is 0 Å². The molecular formula is C15H24O4. The Morgan fingerprint density at radius 1 is 1.32 bits per heavy atom. The Balaban J connectivity index is 2.26. The van der Waals surface area contributed by atoms with Gasteiger partial charge in [-0.1, -0.05) is 13.8 Å². The van der Waals surface area contributed by atoms with Crippen molar-refractivity contribution in [3.63, 3.8) is 0 Å². The second-order valence-corrected chi connectivity index (χ2v) is 6.69. The van der Waals surface area contributed by atoms with Crippen molar-refractivity contribution in [3.8, 4) is 0 Å². The van der Waals surface area contributed by atoms with Gasteiger partial charge < -0.3 is 9.47 Å². The van der Waals surface area contributed by atoms with E-state index in [9.17, 15) is 9.59 Å². The van der Waals surface area contributed by atoms with Crippen LogP contribution in [0.4, 0.5) is 0 Å². The van der Waals surface area contributed by atoms with E-state index >= 15 is 0 Å². The molecule has 1 aliphatic heterocycles. The highest BCUT2D eigenvalue weighted by atomic mass is 16.6. The molecule has 2 aliphatic rings. The summed E-state index contributed by atoms with van der Waals surface area (Å²) < 4.78 is 11.2. The molecule has 0 unspecified atom stereocenters. The third-order valence-electron chi connectivity index (χ3n) is 4.90. The lowest BCUT2D eigenvalue weighted by Crippen LogP contribution is -2.55. The van der Waals surface area contributed by atoms with Gasteiger partial charge in [-0.25, -0.2) is 0 Å². The van der Waals surface area contributed by atoms with Gasteiger partial charge >= 0.3 is 11.9 Å². The highest BCUT2D eigenvalue weighted by Crippen LogP contribution is 2.52. The van der Waals surface area contributed by atoms with Gasteiger partial charge in [0.05, 0.1) is 0 Å². The van der Waals surface area contributed by atoms with Crippen LogP contribution in [-0.4, -0.2) is 23.6 Å². The van der Waals surface area contributed by atoms with E-state index < -0.39 is 5.60 Å². The van der Waals surface area contributed by atoms with E-state index in [0.717, 1.165) is 25.7 Å². The first-order valence-electron chi connectivity index (χ1n) is 7.15. The van der Waals surface area contributed by atoms with Crippen LogP contribution in [0, 0.1) is 11.3 Å². The SMILES string of the molecule is CC(=O)O[C@H]1CC[C@]2(C)OC(=O)CCC[C@H]2C1(C)C. The number of hydrogen-bond donors (Lipinski definition) is 0. The van der Waals surface area contributed by atoms with Gasteiger partial charge in [-0.05, 0) is 32.6 Å². The topological polar surface area (TPSA) is 52.6 Å². The fourth-order valence-electron chi connectivity index (χ4n) is 3.95. The van der Waals surface area contributed by atoms with Crippen molar-refractivity contribution in [2.24, 2.45) is 11.3 Å². The lowest BCUT2D eigenvalue weighted by molar-refractivity contribution is -0.195. The Morgan fingerprint density at radius 3 is 2.63 bits per heavy atom. The molecule has 108 valence electrons. The maximum atomic E-state index is 11.7. The van der Waals surface area contributed by atoms with E-state index in [0.29, 0.717) is 6.42 Å². The van der Waals surface area contributed by atoms with Gasteiger partial charge in [-0.15, -0.1) is 0 Å². The Labute approximate surface area is 114 Å². The fourth-order valence-corrected chi connectivity index (χ4v) is 3.95. The summed E-state index contributed by atoms with van der Waals surface area (Å²) in [6, 6.07) is 0. The second-order valence-electron chi connectivity index (χ2n) is 6.69. The Morgan fingerprint density at radius 2 is 2.00 bits per heavy atom. The molecule has 0 aromatic rings. The van der Waals surface area contributed by atoms with Crippen LogP contribution in [0.2, 0.25) is 0 Å². The third-order valence-corrected chi connectivity index (χ3v) is 4.90. The normalized spacial score (nSPS) is 37.8. The first-order chi connectivity index (χ1) is 8.75. The molecule has 0 N–H and O–H groups in total. The highest BCUT2D eigenvalue weighted by Gasteiger charge is 2.55. The monoisotopic (exact) mass is 268 g/mol. The average molecular weight is 268 g/mol. The van der Waals surface area contributed by atoms with Crippen molar-refractivity contribution in [1.29, 1.82) is 0 Å². The van der Waals surface area contributed by atoms with Crippen molar-refractivity contribution in [1.82, 2.24) is 0 Å². The molecule has 0 radical (unpaired) electrons. The van der Waals surface area contributed by atoms with Crippen LogP contribution < -0.4 is 0 Å². The molecule has 0 aromatic carbocycles. The van der Waals surface area contributed by atoms with Gasteiger partial charge in [-0.3, -0.25) is 9.59 Å². The van der Waals surface area contributed by atoms with Crippen LogP contribution in [0.3, 0.4) is 0 Å². The number of hydrogen-bond acceptors (Lipinski definition) is 4. The van der Waals surface area contributed by atoms with Crippen molar-refractivity contribution in [2.45, 2.75) is 71.5 Å². The van der Waals surface area contributed by atoms with Gasteiger partial charge in [0.15, 0.2) is 0 Å². The molecule has 0 bridgehead atoms. The highest BCUT2D eigenvalue weighted by molar-refractivity contribution is 5.70. The molecule has 2 fully saturated rings. The molecule has 0 aromatic heterocycles. The van der Waals surface area contributed by atoms with E-state index in [4.69, 9.17) is 9.47 Å². The van der Waals surface area contributed by atoms with Crippen LogP contribution in [-0.2, 0) is 19.1 Å². The molecule has 1 heterocycles. The van der Waals surface area contributed by atoms with E-state index in [1.807, 2.05) is 6.92 Å². The number of carbonyl (C=O) groups is 2. The molecule has 0 spiro atoms. The Hall–Kier alpha value is -1.06. The van der Waals surface area contributed by atoms with Gasteiger partial charge in [0.25, 0.3) is 0 Å². The second kappa shape index (κ2) is 4.80. The summed E-state index contributed by atoms with van der Waals surface area (Å²) in [7, 11) is 0. The van der Waals surface area contributed by atoms with Crippen LogP contribution >= 0.6 is 0 Å². The summed E-state index contributed by atoms with van der Waals surface area (Å²) in [4.78, 5) is 23.0. The molecule has 4 nitrogen and oxygen atoms in total. The minimum atomic E-state index is -0.409. The van der Waals surface area contributed by atoms with Crippen molar-refractivity contribution >= 4 is 11.9 Å². The minimum Gasteiger partial charge on any atom is -0.462 e. The third kappa shape index (κ3) is 2.63. The molecule has 19 heavy (non-hydrogen) atoms. The first kappa shape index (κ1) is 14.4. The van der Waals surface area contributed by atoms with Gasteiger partial charge in [0.2, 0.25) is 0 Å². The molecule has 0 amide bonds. The van der Waals surface area contributed by atoms with Crippen LogP contribution in [0.1, 0.15) is 59.8 Å². The number of ether oxygens (including phenoxy) is 2. The van der Waals surface area contributed by atoms with Gasteiger partial charge in [-0.2, -0.15) is 0 Å². The molecule has 4 heteroatoms. The number of esters is 2. The maximum Gasteiger partial charge on any atom is 0.306 e. The smallest absolute Gasteiger partial charge is 0.306 e. The average Bonchev–Trinajstić information content (AvgIpc) is 2.42. The zero-order chi connectivity index (χ0) is 14.3. The van der Waals surface area contributed by atoms with E-state index in [1.54, 1.807) is 0 Å². The number of carbonyl (C=O) groups excluding carboxylic acids is 2. The molecule has 1 aliphatic carbocycles. The largest absolute Gasteiger partial charge is 0.462 e. The van der Waals surface area contributed by atoms with E-state index in [-0.39, 0.29) is 29.4 Å². The summed E-state index contributed by atoms with van der Waals surface area (Å²) in [5, 5.41) is 0. The van der Waals surface area contributed by atoms with Gasteiger partial charge in [0.1, 0.15) is 11.7 Å². The number of rotatable bonds is 1. The predicted octanol–water partition coefficient (Wildman–Crippen LogP) is 2.84. The summed E-state index contributed by atoms with van der Waals surface area (Å²) in [5.41, 5.74) is -0.572. The molecule has 3 atom stereocenters. The zero-order valence-electron chi connectivity index (χ0n) is 12.3. The lowest BCUT2D eigenvalue weighted by Gasteiger charge is -2.52. The molecule has 2 rings (SSSR count). The quantitative estimate of drug-likeness (QED) is 0.686. The van der Waals surface area contributed by atoms with Crippen molar-refractivity contribution < 1.29 is 19.1 Å². The minimum absolute atomic E-state index is 0.0834. The lowest BCUT2D eigenvalue weighted by atomic mass is 9.59. The zero-order valence-corrected chi connectivity index (χ0v) is 12.3. The Kier molecular flexibility index (Phi) is 3.63. The molecule has 1 saturated carbocycles. The van der Waals surface area contributed by atoms with E-state index in [2.05, 4.69) is 13.8 Å². The fraction of sp³-hybridized carbons (Fsp3) is 0.867. The first-order valence-corrected chi connectivity index (χ1v) is 7.15. The summed E-state index contributed by atoms with van der Waals surface area (Å²) >= 11 is 0. The van der Waals surface area contributed by atoms with Crippen LogP contribution in [0.15, 0.2) is 0 Å². The molecule has 1 saturated heterocycles. The van der Waals surface area contributed by atoms with Crippen molar-refractivity contribution in [2.75, 3.05) is 0 Å².